The number of hydrogen-bond acceptors (Lipinski definition) is 6. The summed E-state index contributed by atoms with van der Waals surface area (Å²) < 4.78 is 13.6. The second kappa shape index (κ2) is 8.70. The van der Waals surface area contributed by atoms with Gasteiger partial charge in [0.05, 0.1) is 5.56 Å². The van der Waals surface area contributed by atoms with Crippen LogP contribution in [0, 0.1) is 12.7 Å². The van der Waals surface area contributed by atoms with Crippen molar-refractivity contribution in [3.8, 4) is 0 Å². The lowest BCUT2D eigenvalue weighted by Gasteiger charge is -2.10. The number of aromatic nitrogens is 3. The van der Waals surface area contributed by atoms with Crippen molar-refractivity contribution in [2.24, 2.45) is 0 Å². The number of pyridine rings is 1. The van der Waals surface area contributed by atoms with Crippen molar-refractivity contribution in [3.05, 3.63) is 71.9 Å². The molecule has 7 nitrogen and oxygen atoms in total. The van der Waals surface area contributed by atoms with Crippen molar-refractivity contribution >= 4 is 23.4 Å². The van der Waals surface area contributed by atoms with Gasteiger partial charge in [-0.3, -0.25) is 4.79 Å². The Morgan fingerprint density at radius 3 is 2.56 bits per heavy atom. The minimum atomic E-state index is -0.542. The largest absolute Gasteiger partial charge is 0.368 e. The molecule has 138 valence electrons. The van der Waals surface area contributed by atoms with Crippen LogP contribution in [0.4, 0.5) is 21.8 Å². The number of carbonyl (C=O) groups is 1. The maximum atomic E-state index is 13.6. The van der Waals surface area contributed by atoms with E-state index >= 15 is 0 Å². The zero-order valence-electron chi connectivity index (χ0n) is 14.7. The number of aryl methyl sites for hydroxylation is 1. The summed E-state index contributed by atoms with van der Waals surface area (Å²) in [6.45, 7) is 2.54. The van der Waals surface area contributed by atoms with Gasteiger partial charge in [-0.05, 0) is 31.2 Å². The van der Waals surface area contributed by atoms with Gasteiger partial charge in [0.25, 0.3) is 5.91 Å². The standard InChI is InChI=1S/C19H19FN6O/c1-13-24-17(12-18(25-13)26-16-8-4-5-9-21-16)22-10-11-23-19(27)14-6-2-3-7-15(14)20/h2-9,12H,10-11H2,1H3,(H,23,27)(H2,21,22,24,25,26). The van der Waals surface area contributed by atoms with Crippen molar-refractivity contribution in [1.29, 1.82) is 0 Å². The van der Waals surface area contributed by atoms with Crippen LogP contribution in [0.15, 0.2) is 54.7 Å². The van der Waals surface area contributed by atoms with Crippen LogP contribution in [-0.2, 0) is 0 Å². The summed E-state index contributed by atoms with van der Waals surface area (Å²) in [6, 6.07) is 13.2. The fraction of sp³-hybridized carbons (Fsp3) is 0.158. The topological polar surface area (TPSA) is 91.8 Å². The maximum Gasteiger partial charge on any atom is 0.254 e. The first kappa shape index (κ1) is 18.2. The molecule has 0 unspecified atom stereocenters. The molecule has 0 aliphatic heterocycles. The van der Waals surface area contributed by atoms with Crippen LogP contribution in [0.1, 0.15) is 16.2 Å². The van der Waals surface area contributed by atoms with E-state index in [9.17, 15) is 9.18 Å². The Morgan fingerprint density at radius 1 is 1.00 bits per heavy atom. The number of hydrogen-bond donors (Lipinski definition) is 3. The first-order valence-electron chi connectivity index (χ1n) is 8.42. The number of halogens is 1. The Labute approximate surface area is 156 Å². The van der Waals surface area contributed by atoms with Gasteiger partial charge >= 0.3 is 0 Å². The van der Waals surface area contributed by atoms with Crippen LogP contribution in [-0.4, -0.2) is 33.9 Å². The molecule has 3 aromatic rings. The number of nitrogens with one attached hydrogen (secondary N) is 3. The number of amides is 1. The highest BCUT2D eigenvalue weighted by molar-refractivity contribution is 5.94. The Kier molecular flexibility index (Phi) is 5.88. The Morgan fingerprint density at radius 2 is 1.78 bits per heavy atom. The minimum Gasteiger partial charge on any atom is -0.368 e. The van der Waals surface area contributed by atoms with Gasteiger partial charge in [-0.25, -0.2) is 19.3 Å². The number of benzene rings is 1. The molecule has 2 aromatic heterocycles. The predicted octanol–water partition coefficient (Wildman–Crippen LogP) is 2.90. The highest BCUT2D eigenvalue weighted by atomic mass is 19.1. The Balaban J connectivity index is 1.53. The Bertz CT molecular complexity index is 919. The molecule has 1 aromatic carbocycles. The summed E-state index contributed by atoms with van der Waals surface area (Å²) in [5.41, 5.74) is 0.0252. The highest BCUT2D eigenvalue weighted by Crippen LogP contribution is 2.15. The molecule has 27 heavy (non-hydrogen) atoms. The molecular weight excluding hydrogens is 347 g/mol. The van der Waals surface area contributed by atoms with Crippen LogP contribution in [0.5, 0.6) is 0 Å². The molecule has 1 amide bonds. The summed E-state index contributed by atoms with van der Waals surface area (Å²) in [6.07, 6.45) is 1.69. The normalized spacial score (nSPS) is 10.3. The lowest BCUT2D eigenvalue weighted by molar-refractivity contribution is 0.0951. The third-order valence-electron chi connectivity index (χ3n) is 3.59. The van der Waals surface area contributed by atoms with Crippen molar-refractivity contribution in [1.82, 2.24) is 20.3 Å². The minimum absolute atomic E-state index is 0.0252. The molecule has 0 atom stereocenters. The second-order valence-corrected chi connectivity index (χ2v) is 5.69. The van der Waals surface area contributed by atoms with Gasteiger partial charge in [-0.15, -0.1) is 0 Å². The Hall–Kier alpha value is -3.55. The van der Waals surface area contributed by atoms with Gasteiger partial charge in [0.2, 0.25) is 0 Å². The lowest BCUT2D eigenvalue weighted by Crippen LogP contribution is -2.29. The first-order valence-corrected chi connectivity index (χ1v) is 8.42. The van der Waals surface area contributed by atoms with Crippen molar-refractivity contribution < 1.29 is 9.18 Å². The van der Waals surface area contributed by atoms with Crippen LogP contribution in [0.2, 0.25) is 0 Å². The molecule has 0 fully saturated rings. The molecule has 0 aliphatic rings. The van der Waals surface area contributed by atoms with Crippen LogP contribution >= 0.6 is 0 Å². The van der Waals surface area contributed by atoms with Gasteiger partial charge in [0.1, 0.15) is 29.1 Å². The van der Waals surface area contributed by atoms with Gasteiger partial charge in [0.15, 0.2) is 0 Å². The van der Waals surface area contributed by atoms with E-state index in [1.165, 1.54) is 12.1 Å². The van der Waals surface area contributed by atoms with Crippen molar-refractivity contribution in [2.75, 3.05) is 23.7 Å². The summed E-state index contributed by atoms with van der Waals surface area (Å²) in [5.74, 6) is 1.50. The average molecular weight is 366 g/mol. The van der Waals surface area contributed by atoms with E-state index < -0.39 is 11.7 Å². The molecule has 3 N–H and O–H groups in total. The zero-order valence-corrected chi connectivity index (χ0v) is 14.7. The number of nitrogens with zero attached hydrogens (tertiary/aromatic N) is 3. The molecule has 0 aliphatic carbocycles. The zero-order chi connectivity index (χ0) is 19.1. The smallest absolute Gasteiger partial charge is 0.254 e. The van der Waals surface area contributed by atoms with E-state index in [1.54, 1.807) is 31.3 Å². The molecule has 0 saturated carbocycles. The third-order valence-corrected chi connectivity index (χ3v) is 3.59. The summed E-state index contributed by atoms with van der Waals surface area (Å²) in [5, 5.41) is 8.89. The average Bonchev–Trinajstić information content (AvgIpc) is 2.66. The molecule has 2 heterocycles. The SMILES string of the molecule is Cc1nc(NCCNC(=O)c2ccccc2F)cc(Nc2ccccn2)n1. The van der Waals surface area contributed by atoms with Crippen LogP contribution in [0.3, 0.4) is 0 Å². The lowest BCUT2D eigenvalue weighted by atomic mass is 10.2. The van der Waals surface area contributed by atoms with E-state index in [1.807, 2.05) is 18.2 Å². The van der Waals surface area contributed by atoms with E-state index in [0.717, 1.165) is 0 Å². The summed E-state index contributed by atoms with van der Waals surface area (Å²) in [4.78, 5) is 24.8. The van der Waals surface area contributed by atoms with E-state index in [4.69, 9.17) is 0 Å². The van der Waals surface area contributed by atoms with Gasteiger partial charge in [-0.2, -0.15) is 0 Å². The number of rotatable bonds is 7. The highest BCUT2D eigenvalue weighted by Gasteiger charge is 2.09. The summed E-state index contributed by atoms with van der Waals surface area (Å²) >= 11 is 0. The maximum absolute atomic E-state index is 13.6. The fourth-order valence-electron chi connectivity index (χ4n) is 2.40. The fourth-order valence-corrected chi connectivity index (χ4v) is 2.40. The molecule has 3 rings (SSSR count). The summed E-state index contributed by atoms with van der Waals surface area (Å²) in [7, 11) is 0. The first-order chi connectivity index (χ1) is 13.1. The van der Waals surface area contributed by atoms with Gasteiger partial charge in [-0.1, -0.05) is 18.2 Å². The van der Waals surface area contributed by atoms with Crippen molar-refractivity contribution in [2.45, 2.75) is 6.92 Å². The number of anilines is 3. The molecule has 0 bridgehead atoms. The van der Waals surface area contributed by atoms with E-state index in [0.29, 0.717) is 36.4 Å². The van der Waals surface area contributed by atoms with Crippen LogP contribution in [0.25, 0.3) is 0 Å². The third kappa shape index (κ3) is 5.21. The van der Waals surface area contributed by atoms with E-state index in [2.05, 4.69) is 30.9 Å². The molecular formula is C19H19FN6O. The molecule has 0 radical (unpaired) electrons. The monoisotopic (exact) mass is 366 g/mol. The van der Waals surface area contributed by atoms with Crippen LogP contribution < -0.4 is 16.0 Å². The van der Waals surface area contributed by atoms with Gasteiger partial charge in [0, 0.05) is 25.4 Å². The second-order valence-electron chi connectivity index (χ2n) is 5.69. The van der Waals surface area contributed by atoms with Crippen molar-refractivity contribution in [3.63, 3.8) is 0 Å². The molecule has 0 saturated heterocycles. The predicted molar refractivity (Wildman–Crippen MR) is 102 cm³/mol. The van der Waals surface area contributed by atoms with E-state index in [-0.39, 0.29) is 5.56 Å². The quantitative estimate of drug-likeness (QED) is 0.557. The molecule has 8 heteroatoms. The van der Waals surface area contributed by atoms with Gasteiger partial charge < -0.3 is 16.0 Å². The number of carbonyl (C=O) groups excluding carboxylic acids is 1. The molecule has 0 spiro atoms.